The fourth-order valence-electron chi connectivity index (χ4n) is 3.70. The third-order valence-corrected chi connectivity index (χ3v) is 5.74. The van der Waals surface area contributed by atoms with Gasteiger partial charge in [-0.1, -0.05) is 49.4 Å². The highest BCUT2D eigenvalue weighted by Gasteiger charge is 2.52. The quantitative estimate of drug-likeness (QED) is 0.351. The number of amides is 1. The van der Waals surface area contributed by atoms with Gasteiger partial charge in [0, 0.05) is 6.54 Å². The third-order valence-electron chi connectivity index (χ3n) is 5.74. The number of aldehydes is 1. The van der Waals surface area contributed by atoms with Crippen LogP contribution in [0.15, 0.2) is 36.4 Å². The van der Waals surface area contributed by atoms with Gasteiger partial charge in [0.1, 0.15) is 17.9 Å². The normalized spacial score (nSPS) is 23.4. The fourth-order valence-corrected chi connectivity index (χ4v) is 3.70. The standard InChI is InChI=1S/C23H30N2O5/c1-4-23(2,3)30-20(27)14-18(15-26)25-19(11-10-17-8-6-5-7-9-17)21(22(25)28)24-12-13-29-16-24/h5-11,15,18-19,21H,4,12-14,16H2,1-3H3/b11-10+/t18-,19+,21?/m0/s1. The van der Waals surface area contributed by atoms with E-state index in [0.717, 1.165) is 5.56 Å². The molecule has 0 spiro atoms. The summed E-state index contributed by atoms with van der Waals surface area (Å²) in [5.74, 6) is -0.645. The summed E-state index contributed by atoms with van der Waals surface area (Å²) in [6.07, 6.45) is 5.04. The average Bonchev–Trinajstić information content (AvgIpc) is 3.24. The lowest BCUT2D eigenvalue weighted by atomic mass is 9.89. The van der Waals surface area contributed by atoms with Gasteiger partial charge in [-0.2, -0.15) is 0 Å². The van der Waals surface area contributed by atoms with Crippen LogP contribution in [0.2, 0.25) is 0 Å². The maximum Gasteiger partial charge on any atom is 0.308 e. The second-order valence-corrected chi connectivity index (χ2v) is 8.30. The van der Waals surface area contributed by atoms with Crippen molar-refractivity contribution in [1.29, 1.82) is 0 Å². The number of hydrogen-bond acceptors (Lipinski definition) is 6. The molecule has 1 amide bonds. The van der Waals surface area contributed by atoms with Gasteiger partial charge in [0.05, 0.1) is 31.8 Å². The van der Waals surface area contributed by atoms with E-state index in [-0.39, 0.29) is 18.4 Å². The van der Waals surface area contributed by atoms with E-state index in [1.807, 2.05) is 68.2 Å². The van der Waals surface area contributed by atoms with Crippen LogP contribution in [0, 0.1) is 0 Å². The fraction of sp³-hybridized carbons (Fsp3) is 0.522. The Labute approximate surface area is 177 Å². The highest BCUT2D eigenvalue weighted by atomic mass is 16.6. The van der Waals surface area contributed by atoms with Gasteiger partial charge in [0.25, 0.3) is 0 Å². The van der Waals surface area contributed by atoms with Crippen molar-refractivity contribution in [3.63, 3.8) is 0 Å². The molecule has 7 nitrogen and oxygen atoms in total. The summed E-state index contributed by atoms with van der Waals surface area (Å²) in [4.78, 5) is 40.7. The number of carbonyl (C=O) groups is 3. The van der Waals surface area contributed by atoms with Crippen molar-refractivity contribution < 1.29 is 23.9 Å². The molecule has 0 aliphatic carbocycles. The van der Waals surface area contributed by atoms with Crippen molar-refractivity contribution in [2.45, 2.75) is 57.3 Å². The van der Waals surface area contributed by atoms with Gasteiger partial charge in [-0.15, -0.1) is 0 Å². The summed E-state index contributed by atoms with van der Waals surface area (Å²) in [6, 6.07) is 8.19. The summed E-state index contributed by atoms with van der Waals surface area (Å²) in [6.45, 7) is 7.20. The molecule has 1 aromatic rings. The van der Waals surface area contributed by atoms with Crippen LogP contribution in [0.1, 0.15) is 39.2 Å². The van der Waals surface area contributed by atoms with Gasteiger partial charge in [0.15, 0.2) is 0 Å². The van der Waals surface area contributed by atoms with E-state index in [4.69, 9.17) is 9.47 Å². The Morgan fingerprint density at radius 3 is 2.67 bits per heavy atom. The molecule has 3 rings (SSSR count). The molecule has 30 heavy (non-hydrogen) atoms. The zero-order valence-electron chi connectivity index (χ0n) is 17.8. The molecule has 0 bridgehead atoms. The van der Waals surface area contributed by atoms with Crippen LogP contribution in [0.25, 0.3) is 6.08 Å². The maximum atomic E-state index is 13.0. The van der Waals surface area contributed by atoms with E-state index in [9.17, 15) is 14.4 Å². The van der Waals surface area contributed by atoms with Gasteiger partial charge in [-0.25, -0.2) is 0 Å². The van der Waals surface area contributed by atoms with Crippen molar-refractivity contribution in [2.24, 2.45) is 0 Å². The molecular formula is C23H30N2O5. The second-order valence-electron chi connectivity index (χ2n) is 8.30. The second kappa shape index (κ2) is 9.53. The van der Waals surface area contributed by atoms with E-state index in [1.54, 1.807) is 0 Å². The van der Waals surface area contributed by atoms with E-state index in [1.165, 1.54) is 4.90 Å². The van der Waals surface area contributed by atoms with Crippen molar-refractivity contribution >= 4 is 24.2 Å². The molecule has 0 aromatic heterocycles. The first-order valence-corrected chi connectivity index (χ1v) is 10.4. The van der Waals surface area contributed by atoms with Crippen molar-refractivity contribution in [3.05, 3.63) is 42.0 Å². The average molecular weight is 415 g/mol. The first-order valence-electron chi connectivity index (χ1n) is 10.4. The van der Waals surface area contributed by atoms with Crippen LogP contribution >= 0.6 is 0 Å². The number of benzene rings is 1. The zero-order chi connectivity index (χ0) is 21.7. The zero-order valence-corrected chi connectivity index (χ0v) is 17.8. The number of rotatable bonds is 9. The lowest BCUT2D eigenvalue weighted by Crippen LogP contribution is -2.72. The smallest absolute Gasteiger partial charge is 0.308 e. The number of carbonyl (C=O) groups excluding carboxylic acids is 3. The molecule has 2 fully saturated rings. The van der Waals surface area contributed by atoms with Crippen molar-refractivity contribution in [1.82, 2.24) is 9.80 Å². The van der Waals surface area contributed by atoms with Crippen molar-refractivity contribution in [3.8, 4) is 0 Å². The Morgan fingerprint density at radius 2 is 2.07 bits per heavy atom. The predicted octanol–water partition coefficient (Wildman–Crippen LogP) is 2.26. The number of esters is 1. The maximum absolute atomic E-state index is 13.0. The molecule has 0 saturated carbocycles. The van der Waals surface area contributed by atoms with Gasteiger partial charge in [-0.3, -0.25) is 14.5 Å². The van der Waals surface area contributed by atoms with Crippen LogP contribution in [0.4, 0.5) is 0 Å². The molecule has 7 heteroatoms. The van der Waals surface area contributed by atoms with Crippen molar-refractivity contribution in [2.75, 3.05) is 19.9 Å². The highest BCUT2D eigenvalue weighted by Crippen LogP contribution is 2.31. The molecule has 3 atom stereocenters. The molecule has 1 aromatic carbocycles. The van der Waals surface area contributed by atoms with E-state index in [0.29, 0.717) is 32.6 Å². The number of β-lactam (4-membered cyclic amide) rings is 1. The Morgan fingerprint density at radius 1 is 1.33 bits per heavy atom. The summed E-state index contributed by atoms with van der Waals surface area (Å²) in [7, 11) is 0. The first kappa shape index (κ1) is 22.2. The minimum Gasteiger partial charge on any atom is -0.460 e. The molecule has 2 saturated heterocycles. The minimum atomic E-state index is -0.858. The molecule has 2 aliphatic rings. The summed E-state index contributed by atoms with van der Waals surface area (Å²) >= 11 is 0. The van der Waals surface area contributed by atoms with E-state index >= 15 is 0 Å². The Hall–Kier alpha value is -2.51. The molecule has 2 heterocycles. The monoisotopic (exact) mass is 414 g/mol. The lowest BCUT2D eigenvalue weighted by Gasteiger charge is -2.51. The van der Waals surface area contributed by atoms with E-state index < -0.39 is 23.7 Å². The Bertz CT molecular complexity index is 786. The molecule has 162 valence electrons. The Balaban J connectivity index is 1.77. The molecule has 0 N–H and O–H groups in total. The summed E-state index contributed by atoms with van der Waals surface area (Å²) in [5, 5.41) is 0. The van der Waals surface area contributed by atoms with Crippen LogP contribution in [0.5, 0.6) is 0 Å². The highest BCUT2D eigenvalue weighted by molar-refractivity contribution is 5.94. The molecular weight excluding hydrogens is 384 g/mol. The number of ether oxygens (including phenoxy) is 2. The van der Waals surface area contributed by atoms with Crippen LogP contribution in [-0.2, 0) is 23.9 Å². The summed E-state index contributed by atoms with van der Waals surface area (Å²) < 4.78 is 10.9. The largest absolute Gasteiger partial charge is 0.460 e. The molecule has 2 aliphatic heterocycles. The predicted molar refractivity (Wildman–Crippen MR) is 112 cm³/mol. The Kier molecular flexibility index (Phi) is 7.05. The lowest BCUT2D eigenvalue weighted by molar-refractivity contribution is -0.167. The first-order chi connectivity index (χ1) is 14.4. The number of likely N-dealkylation sites (tertiary alicyclic amines) is 1. The van der Waals surface area contributed by atoms with E-state index in [2.05, 4.69) is 0 Å². The van der Waals surface area contributed by atoms with Gasteiger partial charge in [0.2, 0.25) is 5.91 Å². The van der Waals surface area contributed by atoms with Crippen LogP contribution in [-0.4, -0.2) is 71.6 Å². The third kappa shape index (κ3) is 4.96. The topological polar surface area (TPSA) is 76.2 Å². The SMILES string of the molecule is CCC(C)(C)OC(=O)C[C@@H](C=O)N1C(=O)C(N2CCOC2)[C@H]1/C=C/c1ccccc1. The summed E-state index contributed by atoms with van der Waals surface area (Å²) in [5.41, 5.74) is 0.394. The van der Waals surface area contributed by atoms with Gasteiger partial charge < -0.3 is 19.2 Å². The molecule has 0 radical (unpaired) electrons. The van der Waals surface area contributed by atoms with Crippen LogP contribution in [0.3, 0.4) is 0 Å². The van der Waals surface area contributed by atoms with Gasteiger partial charge >= 0.3 is 5.97 Å². The number of hydrogen-bond donors (Lipinski definition) is 0. The minimum absolute atomic E-state index is 0.155. The molecule has 1 unspecified atom stereocenters. The van der Waals surface area contributed by atoms with Gasteiger partial charge in [-0.05, 0) is 25.8 Å². The van der Waals surface area contributed by atoms with Crippen LogP contribution < -0.4 is 0 Å². The number of nitrogens with zero attached hydrogens (tertiary/aromatic N) is 2.